The fourth-order valence-electron chi connectivity index (χ4n) is 2.58. The first-order valence-electron chi connectivity index (χ1n) is 6.66. The lowest BCUT2D eigenvalue weighted by Gasteiger charge is -2.34. The Balaban J connectivity index is 1.99. The van der Waals surface area contributed by atoms with Crippen molar-refractivity contribution in [1.82, 2.24) is 4.90 Å². The number of carboxylic acids is 1. The maximum atomic E-state index is 12.3. The summed E-state index contributed by atoms with van der Waals surface area (Å²) in [7, 11) is 3.51. The summed E-state index contributed by atoms with van der Waals surface area (Å²) in [4.78, 5) is 25.6. The molecular weight excluding hydrogens is 278 g/mol. The highest BCUT2D eigenvalue weighted by molar-refractivity contribution is 7.15. The zero-order chi connectivity index (χ0) is 14.7. The number of ether oxygens (including phenoxy) is 1. The molecule has 0 saturated heterocycles. The predicted octanol–water partition coefficient (Wildman–Crippen LogP) is 2.48. The second-order valence-corrected chi connectivity index (χ2v) is 6.14. The summed E-state index contributed by atoms with van der Waals surface area (Å²) in [6.07, 6.45) is 4.08. The van der Waals surface area contributed by atoms with Gasteiger partial charge in [-0.1, -0.05) is 0 Å². The van der Waals surface area contributed by atoms with Gasteiger partial charge in [-0.15, -0.1) is 11.3 Å². The number of hydrogen-bond acceptors (Lipinski definition) is 4. The first kappa shape index (κ1) is 15.0. The Hall–Kier alpha value is -1.40. The molecule has 1 heterocycles. The molecular formula is C14H19NO4S. The van der Waals surface area contributed by atoms with E-state index in [2.05, 4.69) is 0 Å². The summed E-state index contributed by atoms with van der Waals surface area (Å²) in [6, 6.07) is 3.29. The van der Waals surface area contributed by atoms with Crippen LogP contribution in [0.2, 0.25) is 0 Å². The van der Waals surface area contributed by atoms with Crippen LogP contribution < -0.4 is 0 Å². The van der Waals surface area contributed by atoms with Crippen LogP contribution in [0, 0.1) is 0 Å². The molecule has 20 heavy (non-hydrogen) atoms. The number of carboxylic acid groups (broad SMARTS) is 1. The quantitative estimate of drug-likeness (QED) is 0.927. The molecule has 0 aliphatic heterocycles. The molecule has 1 aliphatic rings. The molecule has 1 aromatic rings. The molecule has 1 saturated carbocycles. The first-order chi connectivity index (χ1) is 9.52. The van der Waals surface area contributed by atoms with Crippen molar-refractivity contribution in [2.24, 2.45) is 0 Å². The minimum Gasteiger partial charge on any atom is -0.477 e. The Morgan fingerprint density at radius 3 is 2.35 bits per heavy atom. The van der Waals surface area contributed by atoms with E-state index in [0.717, 1.165) is 37.0 Å². The lowest BCUT2D eigenvalue weighted by Crippen LogP contribution is -2.40. The lowest BCUT2D eigenvalue weighted by molar-refractivity contribution is 0.0388. The molecule has 1 N–H and O–H groups in total. The molecule has 0 radical (unpaired) electrons. The third-order valence-corrected chi connectivity index (χ3v) is 4.93. The minimum atomic E-state index is -0.989. The van der Waals surface area contributed by atoms with Gasteiger partial charge in [-0.25, -0.2) is 4.79 Å². The summed E-state index contributed by atoms with van der Waals surface area (Å²) in [5.41, 5.74) is 0. The van der Waals surface area contributed by atoms with E-state index in [1.54, 1.807) is 25.1 Å². The number of aromatic carboxylic acids is 1. The molecule has 0 bridgehead atoms. The maximum absolute atomic E-state index is 12.3. The Bertz CT molecular complexity index is 491. The molecule has 110 valence electrons. The van der Waals surface area contributed by atoms with Crippen molar-refractivity contribution in [1.29, 1.82) is 0 Å². The van der Waals surface area contributed by atoms with Gasteiger partial charge in [0.1, 0.15) is 4.88 Å². The smallest absolute Gasteiger partial charge is 0.345 e. The number of methoxy groups -OCH3 is 1. The molecule has 1 aliphatic carbocycles. The van der Waals surface area contributed by atoms with Gasteiger partial charge in [0, 0.05) is 20.2 Å². The van der Waals surface area contributed by atoms with E-state index in [0.29, 0.717) is 11.0 Å². The normalized spacial score (nSPS) is 22.5. The topological polar surface area (TPSA) is 66.8 Å². The number of nitrogens with zero attached hydrogens (tertiary/aromatic N) is 1. The molecule has 5 nitrogen and oxygen atoms in total. The number of carbonyl (C=O) groups is 2. The van der Waals surface area contributed by atoms with E-state index in [1.165, 1.54) is 6.07 Å². The van der Waals surface area contributed by atoms with Crippen LogP contribution in [0.15, 0.2) is 12.1 Å². The molecule has 0 spiro atoms. The summed E-state index contributed by atoms with van der Waals surface area (Å²) in [5, 5.41) is 8.90. The van der Waals surface area contributed by atoms with Gasteiger partial charge in [-0.3, -0.25) is 4.79 Å². The summed E-state index contributed by atoms with van der Waals surface area (Å²) >= 11 is 1.03. The van der Waals surface area contributed by atoms with Crippen LogP contribution in [0.1, 0.15) is 45.0 Å². The van der Waals surface area contributed by atoms with Crippen molar-refractivity contribution in [2.75, 3.05) is 14.2 Å². The third-order valence-electron chi connectivity index (χ3n) is 3.87. The van der Waals surface area contributed by atoms with Crippen molar-refractivity contribution in [2.45, 2.75) is 37.8 Å². The van der Waals surface area contributed by atoms with Crippen LogP contribution in [0.25, 0.3) is 0 Å². The van der Waals surface area contributed by atoms with Crippen LogP contribution in [0.3, 0.4) is 0 Å². The molecule has 1 aromatic heterocycles. The average Bonchev–Trinajstić information content (AvgIpc) is 2.96. The first-order valence-corrected chi connectivity index (χ1v) is 7.47. The summed E-state index contributed by atoms with van der Waals surface area (Å²) < 4.78 is 5.33. The van der Waals surface area contributed by atoms with E-state index in [1.807, 2.05) is 0 Å². The van der Waals surface area contributed by atoms with Crippen LogP contribution in [-0.4, -0.2) is 48.2 Å². The highest BCUT2D eigenvalue weighted by atomic mass is 32.1. The summed E-state index contributed by atoms with van der Waals surface area (Å²) in [5.74, 6) is -1.08. The van der Waals surface area contributed by atoms with E-state index in [-0.39, 0.29) is 16.8 Å². The zero-order valence-electron chi connectivity index (χ0n) is 11.7. The Kier molecular flexibility index (Phi) is 4.77. The monoisotopic (exact) mass is 297 g/mol. The molecule has 0 unspecified atom stereocenters. The van der Waals surface area contributed by atoms with Crippen LogP contribution in [-0.2, 0) is 4.74 Å². The highest BCUT2D eigenvalue weighted by Crippen LogP contribution is 2.26. The SMILES string of the molecule is COC1CCC(N(C)C(=O)c2ccc(C(=O)O)s2)CC1. The predicted molar refractivity (Wildman–Crippen MR) is 76.4 cm³/mol. The van der Waals surface area contributed by atoms with Gasteiger partial charge in [-0.05, 0) is 37.8 Å². The van der Waals surface area contributed by atoms with Crippen LogP contribution in [0.5, 0.6) is 0 Å². The van der Waals surface area contributed by atoms with Gasteiger partial charge in [0.05, 0.1) is 11.0 Å². The number of thiophene rings is 1. The second kappa shape index (κ2) is 6.37. The molecule has 6 heteroatoms. The van der Waals surface area contributed by atoms with E-state index in [4.69, 9.17) is 9.84 Å². The number of rotatable bonds is 4. The number of carbonyl (C=O) groups excluding carboxylic acids is 1. The van der Waals surface area contributed by atoms with Gasteiger partial charge in [0.25, 0.3) is 5.91 Å². The van der Waals surface area contributed by atoms with Gasteiger partial charge >= 0.3 is 5.97 Å². The number of hydrogen-bond donors (Lipinski definition) is 1. The molecule has 2 rings (SSSR count). The highest BCUT2D eigenvalue weighted by Gasteiger charge is 2.27. The van der Waals surface area contributed by atoms with Gasteiger partial charge in [-0.2, -0.15) is 0 Å². The van der Waals surface area contributed by atoms with E-state index < -0.39 is 5.97 Å². The van der Waals surface area contributed by atoms with E-state index in [9.17, 15) is 9.59 Å². The Morgan fingerprint density at radius 2 is 1.85 bits per heavy atom. The molecule has 0 atom stereocenters. The van der Waals surface area contributed by atoms with Crippen molar-refractivity contribution in [3.8, 4) is 0 Å². The van der Waals surface area contributed by atoms with Crippen LogP contribution in [0.4, 0.5) is 0 Å². The molecule has 1 fully saturated rings. The van der Waals surface area contributed by atoms with Crippen molar-refractivity contribution in [3.63, 3.8) is 0 Å². The van der Waals surface area contributed by atoms with Gasteiger partial charge in [0.2, 0.25) is 0 Å². The summed E-state index contributed by atoms with van der Waals surface area (Å²) in [6.45, 7) is 0. The maximum Gasteiger partial charge on any atom is 0.345 e. The second-order valence-electron chi connectivity index (χ2n) is 5.05. The molecule has 0 aromatic carbocycles. The third kappa shape index (κ3) is 3.19. The standard InChI is InChI=1S/C14H19NO4S/c1-15(9-3-5-10(19-2)6-4-9)13(16)11-7-8-12(20-11)14(17)18/h7-10H,3-6H2,1-2H3,(H,17,18). The fraction of sp³-hybridized carbons (Fsp3) is 0.571. The average molecular weight is 297 g/mol. The van der Waals surface area contributed by atoms with Crippen molar-refractivity contribution < 1.29 is 19.4 Å². The zero-order valence-corrected chi connectivity index (χ0v) is 12.5. The molecule has 1 amide bonds. The number of amides is 1. The minimum absolute atomic E-state index is 0.0941. The van der Waals surface area contributed by atoms with Crippen molar-refractivity contribution >= 4 is 23.2 Å². The van der Waals surface area contributed by atoms with Crippen molar-refractivity contribution in [3.05, 3.63) is 21.9 Å². The Morgan fingerprint density at radius 1 is 1.25 bits per heavy atom. The van der Waals surface area contributed by atoms with Crippen LogP contribution >= 0.6 is 11.3 Å². The van der Waals surface area contributed by atoms with Gasteiger partial charge in [0.15, 0.2) is 0 Å². The van der Waals surface area contributed by atoms with E-state index >= 15 is 0 Å². The lowest BCUT2D eigenvalue weighted by atomic mass is 9.92. The largest absolute Gasteiger partial charge is 0.477 e. The fourth-order valence-corrected chi connectivity index (χ4v) is 3.40. The van der Waals surface area contributed by atoms with Gasteiger partial charge < -0.3 is 14.7 Å². The Labute approximate surface area is 122 Å².